The average Bonchev–Trinajstić information content (AvgIpc) is 2.59. The van der Waals surface area contributed by atoms with E-state index in [1.54, 1.807) is 0 Å². The maximum absolute atomic E-state index is 11.3. The SMILES string of the molecule is Cc1cc(C)cc(C2CN(C)CC2C(=O)O)c1. The van der Waals surface area contributed by atoms with Crippen LogP contribution >= 0.6 is 0 Å². The minimum Gasteiger partial charge on any atom is -0.481 e. The summed E-state index contributed by atoms with van der Waals surface area (Å²) in [5.41, 5.74) is 3.58. The zero-order chi connectivity index (χ0) is 12.6. The van der Waals surface area contributed by atoms with Gasteiger partial charge in [0.1, 0.15) is 0 Å². The number of aryl methyl sites for hydroxylation is 2. The summed E-state index contributed by atoms with van der Waals surface area (Å²) in [7, 11) is 1.98. The third-order valence-corrected chi connectivity index (χ3v) is 3.49. The molecule has 1 heterocycles. The molecule has 0 amide bonds. The van der Waals surface area contributed by atoms with Crippen LogP contribution in [-0.2, 0) is 4.79 Å². The molecule has 17 heavy (non-hydrogen) atoms. The van der Waals surface area contributed by atoms with Gasteiger partial charge < -0.3 is 10.0 Å². The van der Waals surface area contributed by atoms with Crippen molar-refractivity contribution in [2.45, 2.75) is 19.8 Å². The zero-order valence-electron chi connectivity index (χ0n) is 10.6. The molecule has 2 rings (SSSR count). The Bertz CT molecular complexity index is 422. The minimum absolute atomic E-state index is 0.121. The fourth-order valence-electron chi connectivity index (χ4n) is 2.81. The molecule has 0 saturated carbocycles. The maximum Gasteiger partial charge on any atom is 0.308 e. The fourth-order valence-corrected chi connectivity index (χ4v) is 2.81. The summed E-state index contributed by atoms with van der Waals surface area (Å²) in [5.74, 6) is -0.837. The second kappa shape index (κ2) is 4.49. The van der Waals surface area contributed by atoms with E-state index >= 15 is 0 Å². The number of aliphatic carboxylic acids is 1. The van der Waals surface area contributed by atoms with E-state index in [1.807, 2.05) is 7.05 Å². The van der Waals surface area contributed by atoms with Crippen molar-refractivity contribution in [3.05, 3.63) is 34.9 Å². The first kappa shape index (κ1) is 12.1. The second-order valence-electron chi connectivity index (χ2n) is 5.19. The molecule has 1 aliphatic heterocycles. The number of carbonyl (C=O) groups is 1. The number of nitrogens with zero attached hydrogens (tertiary/aromatic N) is 1. The molecule has 0 aromatic heterocycles. The van der Waals surface area contributed by atoms with Gasteiger partial charge in [-0.1, -0.05) is 29.3 Å². The van der Waals surface area contributed by atoms with Crippen molar-refractivity contribution in [2.24, 2.45) is 5.92 Å². The summed E-state index contributed by atoms with van der Waals surface area (Å²) in [6, 6.07) is 6.36. The Morgan fingerprint density at radius 1 is 1.24 bits per heavy atom. The van der Waals surface area contributed by atoms with Gasteiger partial charge in [0.05, 0.1) is 5.92 Å². The Morgan fingerprint density at radius 2 is 1.82 bits per heavy atom. The Labute approximate surface area is 102 Å². The highest BCUT2D eigenvalue weighted by Crippen LogP contribution is 2.33. The number of carboxylic acids is 1. The molecule has 1 aromatic carbocycles. The molecule has 1 saturated heterocycles. The van der Waals surface area contributed by atoms with Gasteiger partial charge >= 0.3 is 5.97 Å². The van der Waals surface area contributed by atoms with E-state index in [0.29, 0.717) is 6.54 Å². The lowest BCUT2D eigenvalue weighted by molar-refractivity contribution is -0.141. The number of benzene rings is 1. The molecule has 1 fully saturated rings. The highest BCUT2D eigenvalue weighted by molar-refractivity contribution is 5.72. The first-order chi connectivity index (χ1) is 7.97. The molecular formula is C14H19NO2. The van der Waals surface area contributed by atoms with Crippen molar-refractivity contribution in [3.63, 3.8) is 0 Å². The summed E-state index contributed by atoms with van der Waals surface area (Å²) >= 11 is 0. The van der Waals surface area contributed by atoms with Crippen LogP contribution in [0.4, 0.5) is 0 Å². The summed E-state index contributed by atoms with van der Waals surface area (Å²) in [4.78, 5) is 13.4. The molecule has 1 aliphatic rings. The van der Waals surface area contributed by atoms with Gasteiger partial charge in [-0.05, 0) is 26.5 Å². The van der Waals surface area contributed by atoms with Gasteiger partial charge in [0.2, 0.25) is 0 Å². The summed E-state index contributed by atoms with van der Waals surface area (Å²) in [5, 5.41) is 9.27. The minimum atomic E-state index is -0.682. The van der Waals surface area contributed by atoms with Gasteiger partial charge in [-0.25, -0.2) is 0 Å². The summed E-state index contributed by atoms with van der Waals surface area (Å²) < 4.78 is 0. The number of likely N-dealkylation sites (N-methyl/N-ethyl adjacent to an activating group) is 1. The molecule has 3 heteroatoms. The predicted molar refractivity (Wildman–Crippen MR) is 67.3 cm³/mol. The van der Waals surface area contributed by atoms with Gasteiger partial charge in [-0.2, -0.15) is 0 Å². The molecule has 1 aromatic rings. The third-order valence-electron chi connectivity index (χ3n) is 3.49. The van der Waals surface area contributed by atoms with Crippen molar-refractivity contribution >= 4 is 5.97 Å². The van der Waals surface area contributed by atoms with Crippen LogP contribution in [0.25, 0.3) is 0 Å². The first-order valence-electron chi connectivity index (χ1n) is 5.97. The molecule has 2 atom stereocenters. The van der Waals surface area contributed by atoms with Crippen molar-refractivity contribution in [3.8, 4) is 0 Å². The smallest absolute Gasteiger partial charge is 0.308 e. The lowest BCUT2D eigenvalue weighted by Crippen LogP contribution is -2.21. The van der Waals surface area contributed by atoms with E-state index in [2.05, 4.69) is 36.9 Å². The monoisotopic (exact) mass is 233 g/mol. The molecule has 1 N–H and O–H groups in total. The van der Waals surface area contributed by atoms with Crippen LogP contribution in [0.1, 0.15) is 22.6 Å². The van der Waals surface area contributed by atoms with Gasteiger partial charge in [0.25, 0.3) is 0 Å². The molecule has 0 aliphatic carbocycles. The molecule has 92 valence electrons. The van der Waals surface area contributed by atoms with Crippen LogP contribution < -0.4 is 0 Å². The zero-order valence-corrected chi connectivity index (χ0v) is 10.6. The topological polar surface area (TPSA) is 40.5 Å². The number of likely N-dealkylation sites (tertiary alicyclic amines) is 1. The van der Waals surface area contributed by atoms with E-state index < -0.39 is 5.97 Å². The van der Waals surface area contributed by atoms with Crippen LogP contribution in [-0.4, -0.2) is 36.1 Å². The van der Waals surface area contributed by atoms with Crippen molar-refractivity contribution < 1.29 is 9.90 Å². The highest BCUT2D eigenvalue weighted by atomic mass is 16.4. The number of hydrogen-bond acceptors (Lipinski definition) is 2. The molecule has 0 bridgehead atoms. The van der Waals surface area contributed by atoms with Crippen molar-refractivity contribution in [1.29, 1.82) is 0 Å². The number of carboxylic acid groups (broad SMARTS) is 1. The Morgan fingerprint density at radius 3 is 2.35 bits per heavy atom. The van der Waals surface area contributed by atoms with Crippen LogP contribution in [0.5, 0.6) is 0 Å². The third kappa shape index (κ3) is 2.50. The van der Waals surface area contributed by atoms with Gasteiger partial charge in [0, 0.05) is 19.0 Å². The Hall–Kier alpha value is -1.35. The highest BCUT2D eigenvalue weighted by Gasteiger charge is 2.36. The van der Waals surface area contributed by atoms with E-state index in [9.17, 15) is 9.90 Å². The summed E-state index contributed by atoms with van der Waals surface area (Å²) in [6.45, 7) is 5.60. The van der Waals surface area contributed by atoms with Crippen LogP contribution in [0.3, 0.4) is 0 Å². The predicted octanol–water partition coefficient (Wildman–Crippen LogP) is 2.03. The van der Waals surface area contributed by atoms with E-state index in [0.717, 1.165) is 6.54 Å². The fraction of sp³-hybridized carbons (Fsp3) is 0.500. The molecular weight excluding hydrogens is 214 g/mol. The summed E-state index contributed by atoms with van der Waals surface area (Å²) in [6.07, 6.45) is 0. The number of hydrogen-bond donors (Lipinski definition) is 1. The Kier molecular flexibility index (Phi) is 3.20. The van der Waals surface area contributed by atoms with Crippen LogP contribution in [0, 0.1) is 19.8 Å². The maximum atomic E-state index is 11.3. The largest absolute Gasteiger partial charge is 0.481 e. The molecule has 0 radical (unpaired) electrons. The van der Waals surface area contributed by atoms with E-state index in [1.165, 1.54) is 16.7 Å². The van der Waals surface area contributed by atoms with Gasteiger partial charge in [-0.3, -0.25) is 4.79 Å². The second-order valence-corrected chi connectivity index (χ2v) is 5.19. The van der Waals surface area contributed by atoms with E-state index in [-0.39, 0.29) is 11.8 Å². The van der Waals surface area contributed by atoms with Gasteiger partial charge in [0.15, 0.2) is 0 Å². The Balaban J connectivity index is 2.34. The molecule has 0 spiro atoms. The van der Waals surface area contributed by atoms with Crippen LogP contribution in [0.15, 0.2) is 18.2 Å². The molecule has 2 unspecified atom stereocenters. The quantitative estimate of drug-likeness (QED) is 0.849. The van der Waals surface area contributed by atoms with Crippen molar-refractivity contribution in [1.82, 2.24) is 4.90 Å². The first-order valence-corrected chi connectivity index (χ1v) is 5.97. The van der Waals surface area contributed by atoms with Crippen molar-refractivity contribution in [2.75, 3.05) is 20.1 Å². The molecule has 3 nitrogen and oxygen atoms in total. The lowest BCUT2D eigenvalue weighted by atomic mass is 9.87. The van der Waals surface area contributed by atoms with Gasteiger partial charge in [-0.15, -0.1) is 0 Å². The average molecular weight is 233 g/mol. The van der Waals surface area contributed by atoms with E-state index in [4.69, 9.17) is 0 Å². The standard InChI is InChI=1S/C14H19NO2/c1-9-4-10(2)6-11(5-9)12-7-15(3)8-13(12)14(16)17/h4-6,12-13H,7-8H2,1-3H3,(H,16,17). The normalized spacial score (nSPS) is 25.1. The number of rotatable bonds is 2. The lowest BCUT2D eigenvalue weighted by Gasteiger charge is -2.16. The van der Waals surface area contributed by atoms with Crippen LogP contribution in [0.2, 0.25) is 0 Å².